The molecule has 4 nitrogen and oxygen atoms in total. The summed E-state index contributed by atoms with van der Waals surface area (Å²) in [6, 6.07) is 19.9. The Morgan fingerprint density at radius 2 is 1.79 bits per heavy atom. The zero-order valence-corrected chi connectivity index (χ0v) is 13.9. The van der Waals surface area contributed by atoms with Crippen LogP contribution in [-0.4, -0.2) is 30.6 Å². The van der Waals surface area contributed by atoms with Crippen molar-refractivity contribution in [2.24, 2.45) is 5.92 Å². The lowest BCUT2D eigenvalue weighted by molar-refractivity contribution is 0.137. The molecule has 2 amide bonds. The highest BCUT2D eigenvalue weighted by molar-refractivity contribution is 5.74. The first kappa shape index (κ1) is 16.4. The Kier molecular flexibility index (Phi) is 5.72. The lowest BCUT2D eigenvalue weighted by Gasteiger charge is -2.32. The molecule has 126 valence electrons. The second-order valence-electron chi connectivity index (χ2n) is 6.22. The number of benzene rings is 2. The van der Waals surface area contributed by atoms with Crippen LogP contribution >= 0.6 is 0 Å². The third-order valence-corrected chi connectivity index (χ3v) is 4.32. The van der Waals surface area contributed by atoms with E-state index in [1.54, 1.807) is 0 Å². The monoisotopic (exact) mass is 324 g/mol. The van der Waals surface area contributed by atoms with Gasteiger partial charge in [-0.3, -0.25) is 0 Å². The lowest BCUT2D eigenvalue weighted by atomic mass is 9.99. The first-order valence-corrected chi connectivity index (χ1v) is 8.56. The molecule has 3 rings (SSSR count). The van der Waals surface area contributed by atoms with Crippen molar-refractivity contribution in [1.29, 1.82) is 0 Å². The van der Waals surface area contributed by atoms with Gasteiger partial charge in [-0.15, -0.1) is 0 Å². The van der Waals surface area contributed by atoms with Crippen LogP contribution in [0.25, 0.3) is 0 Å². The molecule has 1 aliphatic rings. The van der Waals surface area contributed by atoms with Crippen molar-refractivity contribution in [2.75, 3.05) is 19.7 Å². The van der Waals surface area contributed by atoms with Gasteiger partial charge in [0.2, 0.25) is 0 Å². The van der Waals surface area contributed by atoms with Crippen molar-refractivity contribution in [3.8, 4) is 5.75 Å². The number of carbonyl (C=O) groups is 1. The summed E-state index contributed by atoms with van der Waals surface area (Å²) in [6.45, 7) is 2.81. The van der Waals surface area contributed by atoms with Crippen LogP contribution in [0.4, 0.5) is 4.79 Å². The Hall–Kier alpha value is -2.49. The van der Waals surface area contributed by atoms with E-state index in [2.05, 4.69) is 5.32 Å². The van der Waals surface area contributed by atoms with Crippen LogP contribution in [-0.2, 0) is 6.54 Å². The van der Waals surface area contributed by atoms with Gasteiger partial charge in [0, 0.05) is 25.6 Å². The number of amides is 2. The molecule has 0 saturated carbocycles. The third kappa shape index (κ3) is 4.75. The van der Waals surface area contributed by atoms with Crippen LogP contribution in [0.3, 0.4) is 0 Å². The molecule has 1 N–H and O–H groups in total. The highest BCUT2D eigenvalue weighted by Crippen LogP contribution is 2.18. The molecule has 0 spiro atoms. The Balaban J connectivity index is 1.45. The number of ether oxygens (including phenoxy) is 1. The van der Waals surface area contributed by atoms with E-state index in [0.29, 0.717) is 19.1 Å². The highest BCUT2D eigenvalue weighted by Gasteiger charge is 2.23. The van der Waals surface area contributed by atoms with Gasteiger partial charge in [0.15, 0.2) is 0 Å². The Morgan fingerprint density at radius 1 is 1.08 bits per heavy atom. The Morgan fingerprint density at radius 3 is 2.54 bits per heavy atom. The minimum absolute atomic E-state index is 0.0169. The fraction of sp³-hybridized carbons (Fsp3) is 0.350. The van der Waals surface area contributed by atoms with Crippen LogP contribution in [0.5, 0.6) is 5.75 Å². The van der Waals surface area contributed by atoms with E-state index in [1.807, 2.05) is 65.6 Å². The average molecular weight is 324 g/mol. The van der Waals surface area contributed by atoms with Crippen molar-refractivity contribution in [3.05, 3.63) is 66.2 Å². The molecule has 4 heteroatoms. The maximum atomic E-state index is 12.4. The lowest BCUT2D eigenvalue weighted by Crippen LogP contribution is -2.46. The molecule has 1 fully saturated rings. The van der Waals surface area contributed by atoms with Crippen LogP contribution in [0.15, 0.2) is 60.7 Å². The predicted octanol–water partition coefficient (Wildman–Crippen LogP) is 3.69. The molecule has 1 unspecified atom stereocenters. The van der Waals surface area contributed by atoms with E-state index in [4.69, 9.17) is 4.74 Å². The summed E-state index contributed by atoms with van der Waals surface area (Å²) in [5.41, 5.74) is 1.12. The summed E-state index contributed by atoms with van der Waals surface area (Å²) in [4.78, 5) is 14.3. The maximum Gasteiger partial charge on any atom is 0.317 e. The first-order chi connectivity index (χ1) is 11.8. The fourth-order valence-electron chi connectivity index (χ4n) is 3.00. The van der Waals surface area contributed by atoms with Gasteiger partial charge in [-0.25, -0.2) is 4.79 Å². The molecular formula is C20H24N2O2. The van der Waals surface area contributed by atoms with Gasteiger partial charge in [-0.2, -0.15) is 0 Å². The summed E-state index contributed by atoms with van der Waals surface area (Å²) in [5, 5.41) is 3.01. The van der Waals surface area contributed by atoms with Crippen molar-refractivity contribution in [3.63, 3.8) is 0 Å². The normalized spacial score (nSPS) is 17.3. The zero-order chi connectivity index (χ0) is 16.6. The number of nitrogens with zero attached hydrogens (tertiary/aromatic N) is 1. The number of carbonyl (C=O) groups excluding carboxylic acids is 1. The van der Waals surface area contributed by atoms with Gasteiger partial charge in [0.05, 0.1) is 6.61 Å². The molecule has 2 aromatic rings. The van der Waals surface area contributed by atoms with E-state index in [-0.39, 0.29) is 6.03 Å². The van der Waals surface area contributed by atoms with Gasteiger partial charge in [-0.1, -0.05) is 48.5 Å². The van der Waals surface area contributed by atoms with Crippen molar-refractivity contribution >= 4 is 6.03 Å². The van der Waals surface area contributed by atoms with Crippen molar-refractivity contribution in [1.82, 2.24) is 10.2 Å². The summed E-state index contributed by atoms with van der Waals surface area (Å²) in [5.74, 6) is 1.28. The highest BCUT2D eigenvalue weighted by atomic mass is 16.5. The van der Waals surface area contributed by atoms with Gasteiger partial charge in [0.25, 0.3) is 0 Å². The molecule has 1 heterocycles. The minimum Gasteiger partial charge on any atom is -0.493 e. The molecule has 0 aromatic heterocycles. The van der Waals surface area contributed by atoms with Gasteiger partial charge in [-0.05, 0) is 30.5 Å². The van der Waals surface area contributed by atoms with Crippen molar-refractivity contribution < 1.29 is 9.53 Å². The predicted molar refractivity (Wildman–Crippen MR) is 94.9 cm³/mol. The van der Waals surface area contributed by atoms with E-state index in [1.165, 1.54) is 0 Å². The maximum absolute atomic E-state index is 12.4. The smallest absolute Gasteiger partial charge is 0.317 e. The standard InChI is InChI=1S/C20H24N2O2/c23-20(21-14-17-8-3-1-4-9-17)22-13-7-10-18(15-22)16-24-19-11-5-2-6-12-19/h1-6,8-9,11-12,18H,7,10,13-16H2,(H,21,23). The number of rotatable bonds is 5. The van der Waals surface area contributed by atoms with E-state index < -0.39 is 0 Å². The van der Waals surface area contributed by atoms with Crippen LogP contribution in [0.1, 0.15) is 18.4 Å². The van der Waals surface area contributed by atoms with Crippen LogP contribution < -0.4 is 10.1 Å². The molecule has 1 atom stereocenters. The Bertz CT molecular complexity index is 631. The number of nitrogens with one attached hydrogen (secondary N) is 1. The molecular weight excluding hydrogens is 300 g/mol. The number of hydrogen-bond donors (Lipinski definition) is 1. The summed E-state index contributed by atoms with van der Waals surface area (Å²) in [7, 11) is 0. The number of hydrogen-bond acceptors (Lipinski definition) is 2. The van der Waals surface area contributed by atoms with Crippen molar-refractivity contribution in [2.45, 2.75) is 19.4 Å². The summed E-state index contributed by atoms with van der Waals surface area (Å²) in [6.07, 6.45) is 2.14. The van der Waals surface area contributed by atoms with Gasteiger partial charge in [0.1, 0.15) is 5.75 Å². The molecule has 0 radical (unpaired) electrons. The van der Waals surface area contributed by atoms with Crippen LogP contribution in [0, 0.1) is 5.92 Å². The zero-order valence-electron chi connectivity index (χ0n) is 13.9. The Labute approximate surface area is 143 Å². The molecule has 24 heavy (non-hydrogen) atoms. The average Bonchev–Trinajstić information content (AvgIpc) is 2.66. The SMILES string of the molecule is O=C(NCc1ccccc1)N1CCCC(COc2ccccc2)C1. The first-order valence-electron chi connectivity index (χ1n) is 8.56. The number of piperidine rings is 1. The number of likely N-dealkylation sites (tertiary alicyclic amines) is 1. The minimum atomic E-state index is 0.0169. The largest absolute Gasteiger partial charge is 0.493 e. The molecule has 1 aliphatic heterocycles. The summed E-state index contributed by atoms with van der Waals surface area (Å²) < 4.78 is 5.84. The van der Waals surface area contributed by atoms with E-state index in [9.17, 15) is 4.79 Å². The second-order valence-corrected chi connectivity index (χ2v) is 6.22. The van der Waals surface area contributed by atoms with E-state index in [0.717, 1.165) is 37.2 Å². The molecule has 1 saturated heterocycles. The van der Waals surface area contributed by atoms with Gasteiger partial charge < -0.3 is 15.0 Å². The quantitative estimate of drug-likeness (QED) is 0.911. The number of para-hydroxylation sites is 1. The molecule has 0 bridgehead atoms. The van der Waals surface area contributed by atoms with Gasteiger partial charge >= 0.3 is 6.03 Å². The molecule has 2 aromatic carbocycles. The number of urea groups is 1. The topological polar surface area (TPSA) is 41.6 Å². The second kappa shape index (κ2) is 8.39. The third-order valence-electron chi connectivity index (χ3n) is 4.32. The van der Waals surface area contributed by atoms with Crippen LogP contribution in [0.2, 0.25) is 0 Å². The molecule has 0 aliphatic carbocycles. The fourth-order valence-corrected chi connectivity index (χ4v) is 3.00. The van der Waals surface area contributed by atoms with E-state index >= 15 is 0 Å². The summed E-state index contributed by atoms with van der Waals surface area (Å²) >= 11 is 0.